The minimum absolute atomic E-state index is 0.136. The largest absolute Gasteiger partial charge is 0.486 e. The minimum Gasteiger partial charge on any atom is -0.486 e. The average molecular weight is 304 g/mol. The van der Waals surface area contributed by atoms with E-state index in [0.29, 0.717) is 22.6 Å². The molecule has 3 aromatic rings. The lowest BCUT2D eigenvalue weighted by Gasteiger charge is -2.09. The molecule has 0 atom stereocenters. The molecular weight excluding hydrogens is 290 g/mol. The van der Waals surface area contributed by atoms with E-state index in [4.69, 9.17) is 4.74 Å². The topological polar surface area (TPSA) is 47.3 Å². The van der Waals surface area contributed by atoms with Gasteiger partial charge in [-0.2, -0.15) is 0 Å². The van der Waals surface area contributed by atoms with Gasteiger partial charge in [0.25, 0.3) is 0 Å². The zero-order valence-electron chi connectivity index (χ0n) is 11.7. The molecule has 0 saturated heterocycles. The van der Waals surface area contributed by atoms with Gasteiger partial charge in [0.1, 0.15) is 18.2 Å². The highest BCUT2D eigenvalue weighted by molar-refractivity contribution is 5.76. The second kappa shape index (κ2) is 6.11. The lowest BCUT2D eigenvalue weighted by molar-refractivity contribution is 0.260. The van der Waals surface area contributed by atoms with E-state index in [1.54, 1.807) is 16.7 Å². The Morgan fingerprint density at radius 1 is 1.09 bits per heavy atom. The number of ether oxygens (including phenoxy) is 1. The van der Waals surface area contributed by atoms with E-state index < -0.39 is 11.6 Å². The summed E-state index contributed by atoms with van der Waals surface area (Å²) in [5, 5.41) is 9.17. The number of aliphatic hydroxyl groups is 1. The predicted molar refractivity (Wildman–Crippen MR) is 77.5 cm³/mol. The molecular formula is C16H14F2N2O2. The van der Waals surface area contributed by atoms with Crippen molar-refractivity contribution in [3.63, 3.8) is 0 Å². The van der Waals surface area contributed by atoms with Gasteiger partial charge >= 0.3 is 0 Å². The molecule has 0 aliphatic rings. The van der Waals surface area contributed by atoms with Crippen LogP contribution in [0.5, 0.6) is 5.75 Å². The summed E-state index contributed by atoms with van der Waals surface area (Å²) in [5.41, 5.74) is 0.763. The van der Waals surface area contributed by atoms with Gasteiger partial charge in [0.15, 0.2) is 11.6 Å². The van der Waals surface area contributed by atoms with Gasteiger partial charge < -0.3 is 14.4 Å². The normalized spacial score (nSPS) is 11.0. The molecule has 0 spiro atoms. The van der Waals surface area contributed by atoms with Gasteiger partial charge in [-0.25, -0.2) is 13.8 Å². The van der Waals surface area contributed by atoms with Crippen molar-refractivity contribution in [1.29, 1.82) is 0 Å². The number of benzene rings is 2. The van der Waals surface area contributed by atoms with Crippen LogP contribution in [-0.4, -0.2) is 21.3 Å². The molecule has 1 aromatic heterocycles. The predicted octanol–water partition coefficient (Wildman–Crippen LogP) is 2.89. The summed E-state index contributed by atoms with van der Waals surface area (Å²) in [7, 11) is 0. The van der Waals surface area contributed by atoms with Crippen molar-refractivity contribution in [3.8, 4) is 5.75 Å². The summed E-state index contributed by atoms with van der Waals surface area (Å²) in [6.07, 6.45) is 0. The molecule has 0 unspecified atom stereocenters. The van der Waals surface area contributed by atoms with Crippen LogP contribution < -0.4 is 4.74 Å². The highest BCUT2D eigenvalue weighted by Crippen LogP contribution is 2.21. The van der Waals surface area contributed by atoms with E-state index in [0.717, 1.165) is 12.1 Å². The maximum atomic E-state index is 13.4. The number of hydrogen-bond donors (Lipinski definition) is 1. The fourth-order valence-corrected chi connectivity index (χ4v) is 2.29. The average Bonchev–Trinajstić information content (AvgIpc) is 2.84. The molecule has 22 heavy (non-hydrogen) atoms. The molecule has 0 fully saturated rings. The van der Waals surface area contributed by atoms with Crippen molar-refractivity contribution in [2.75, 3.05) is 6.61 Å². The van der Waals surface area contributed by atoms with E-state index in [1.807, 2.05) is 18.2 Å². The number of hydrogen-bond acceptors (Lipinski definition) is 3. The molecule has 114 valence electrons. The number of aliphatic hydroxyl groups excluding tert-OH is 1. The third kappa shape index (κ3) is 2.78. The molecule has 0 aliphatic heterocycles. The first-order chi connectivity index (χ1) is 10.7. The molecule has 1 N–H and O–H groups in total. The Morgan fingerprint density at radius 3 is 2.55 bits per heavy atom. The molecule has 1 heterocycles. The van der Waals surface area contributed by atoms with Crippen molar-refractivity contribution in [3.05, 3.63) is 59.9 Å². The number of aromatic nitrogens is 2. The lowest BCUT2D eigenvalue weighted by Crippen LogP contribution is -2.09. The fraction of sp³-hybridized carbons (Fsp3) is 0.188. The summed E-state index contributed by atoms with van der Waals surface area (Å²) in [5.74, 6) is -0.723. The molecule has 0 radical (unpaired) electrons. The highest BCUT2D eigenvalue weighted by atomic mass is 19.2. The van der Waals surface area contributed by atoms with E-state index >= 15 is 0 Å². The lowest BCUT2D eigenvalue weighted by atomic mass is 10.3. The van der Waals surface area contributed by atoms with Crippen LogP contribution in [0.3, 0.4) is 0 Å². The number of fused-ring (bicyclic) bond motifs is 1. The summed E-state index contributed by atoms with van der Waals surface area (Å²) >= 11 is 0. The number of imidazole rings is 1. The maximum Gasteiger partial charge on any atom is 0.161 e. The third-order valence-electron chi connectivity index (χ3n) is 3.30. The van der Waals surface area contributed by atoms with Crippen LogP contribution >= 0.6 is 0 Å². The number of rotatable bonds is 5. The van der Waals surface area contributed by atoms with Gasteiger partial charge in [-0.1, -0.05) is 18.2 Å². The van der Waals surface area contributed by atoms with Gasteiger partial charge in [0.2, 0.25) is 0 Å². The standard InChI is InChI=1S/C16H14F2N2O2/c17-12-8-14-15(9-13(12)18)20(6-7-21)16(19-14)10-22-11-4-2-1-3-5-11/h1-5,8-9,21H,6-7,10H2. The SMILES string of the molecule is OCCn1c(COc2ccccc2)nc2cc(F)c(F)cc21. The van der Waals surface area contributed by atoms with E-state index in [2.05, 4.69) is 4.98 Å². The Hall–Kier alpha value is -2.47. The van der Waals surface area contributed by atoms with E-state index in [9.17, 15) is 13.9 Å². The summed E-state index contributed by atoms with van der Waals surface area (Å²) in [4.78, 5) is 4.27. The fourth-order valence-electron chi connectivity index (χ4n) is 2.29. The van der Waals surface area contributed by atoms with Gasteiger partial charge in [-0.05, 0) is 12.1 Å². The molecule has 6 heteroatoms. The molecule has 0 bridgehead atoms. The first-order valence-corrected chi connectivity index (χ1v) is 6.82. The Bertz CT molecular complexity index is 788. The molecule has 0 saturated carbocycles. The maximum absolute atomic E-state index is 13.4. The summed E-state index contributed by atoms with van der Waals surface area (Å²) in [6.45, 7) is 0.236. The van der Waals surface area contributed by atoms with E-state index in [1.165, 1.54) is 0 Å². The van der Waals surface area contributed by atoms with Crippen LogP contribution in [0, 0.1) is 11.6 Å². The molecule has 4 nitrogen and oxygen atoms in total. The van der Waals surface area contributed by atoms with Crippen LogP contribution in [0.15, 0.2) is 42.5 Å². The van der Waals surface area contributed by atoms with Gasteiger partial charge in [0.05, 0.1) is 17.6 Å². The Balaban J connectivity index is 1.95. The van der Waals surface area contributed by atoms with Crippen LogP contribution in [-0.2, 0) is 13.2 Å². The minimum atomic E-state index is -0.948. The van der Waals surface area contributed by atoms with Crippen molar-refractivity contribution in [2.45, 2.75) is 13.2 Å². The Morgan fingerprint density at radius 2 is 1.82 bits per heavy atom. The number of halogens is 2. The first-order valence-electron chi connectivity index (χ1n) is 6.82. The smallest absolute Gasteiger partial charge is 0.161 e. The van der Waals surface area contributed by atoms with Crippen molar-refractivity contribution in [1.82, 2.24) is 9.55 Å². The van der Waals surface area contributed by atoms with Gasteiger partial charge in [-0.3, -0.25) is 0 Å². The molecule has 2 aromatic carbocycles. The Kier molecular flexibility index (Phi) is 4.02. The third-order valence-corrected chi connectivity index (χ3v) is 3.30. The van der Waals surface area contributed by atoms with Gasteiger partial charge in [-0.15, -0.1) is 0 Å². The zero-order valence-corrected chi connectivity index (χ0v) is 11.7. The first kappa shape index (κ1) is 14.5. The summed E-state index contributed by atoms with van der Waals surface area (Å²) < 4.78 is 34.0. The second-order valence-corrected chi connectivity index (χ2v) is 4.76. The second-order valence-electron chi connectivity index (χ2n) is 4.76. The highest BCUT2D eigenvalue weighted by Gasteiger charge is 2.14. The number of nitrogens with zero attached hydrogens (tertiary/aromatic N) is 2. The molecule has 3 rings (SSSR count). The van der Waals surface area contributed by atoms with Crippen LogP contribution in [0.1, 0.15) is 5.82 Å². The van der Waals surface area contributed by atoms with Crippen molar-refractivity contribution >= 4 is 11.0 Å². The zero-order chi connectivity index (χ0) is 15.5. The van der Waals surface area contributed by atoms with Crippen LogP contribution in [0.2, 0.25) is 0 Å². The van der Waals surface area contributed by atoms with Crippen LogP contribution in [0.4, 0.5) is 8.78 Å². The quantitative estimate of drug-likeness (QED) is 0.788. The molecule has 0 aliphatic carbocycles. The van der Waals surface area contributed by atoms with Crippen LogP contribution in [0.25, 0.3) is 11.0 Å². The Labute approximate surface area is 125 Å². The monoisotopic (exact) mass is 304 g/mol. The summed E-state index contributed by atoms with van der Waals surface area (Å²) in [6, 6.07) is 11.3. The van der Waals surface area contributed by atoms with Gasteiger partial charge in [0, 0.05) is 18.7 Å². The van der Waals surface area contributed by atoms with Crippen molar-refractivity contribution in [2.24, 2.45) is 0 Å². The number of para-hydroxylation sites is 1. The van der Waals surface area contributed by atoms with E-state index in [-0.39, 0.29) is 19.8 Å². The molecule has 0 amide bonds. The van der Waals surface area contributed by atoms with Crippen molar-refractivity contribution < 1.29 is 18.6 Å².